The number of benzene rings is 2. The average molecular weight is 400 g/mol. The molecule has 0 aliphatic heterocycles. The molecule has 3 nitrogen and oxygen atoms in total. The highest BCUT2D eigenvalue weighted by Gasteiger charge is 2.20. The third-order valence-electron chi connectivity index (χ3n) is 6.29. The average Bonchev–Trinajstić information content (AvgIpc) is 2.74. The summed E-state index contributed by atoms with van der Waals surface area (Å²) in [5.41, 5.74) is 11.3. The number of hydrogen-bond donors (Lipinski definition) is 2. The molecule has 29 heavy (non-hydrogen) atoms. The van der Waals surface area contributed by atoms with Crippen LogP contribution in [-0.4, -0.2) is 25.4 Å². The number of fused-ring (bicyclic) bond motifs is 1. The maximum atomic E-state index is 13.7. The smallest absolute Gasteiger partial charge is 0.127 e. The number of unbranched alkanes of at least 4 members (excludes halogenated alkanes) is 1. The van der Waals surface area contributed by atoms with Crippen LogP contribution in [0.25, 0.3) is 0 Å². The lowest BCUT2D eigenvalue weighted by molar-refractivity contribution is 0.281. The lowest BCUT2D eigenvalue weighted by Gasteiger charge is -2.26. The number of aliphatic hydroxyl groups is 1. The maximum Gasteiger partial charge on any atom is 0.127 e. The van der Waals surface area contributed by atoms with E-state index >= 15 is 0 Å². The lowest BCUT2D eigenvalue weighted by atomic mass is 9.79. The fraction of sp³-hybridized carbons (Fsp3) is 0.520. The molecule has 2 aromatic rings. The van der Waals surface area contributed by atoms with Crippen molar-refractivity contribution in [2.24, 2.45) is 11.7 Å². The lowest BCUT2D eigenvalue weighted by Crippen LogP contribution is -2.17. The first-order valence-electron chi connectivity index (χ1n) is 10.9. The zero-order valence-corrected chi connectivity index (χ0v) is 17.5. The number of methoxy groups -OCH3 is 1. The fourth-order valence-electron chi connectivity index (χ4n) is 4.53. The van der Waals surface area contributed by atoms with Crippen molar-refractivity contribution < 1.29 is 14.2 Å². The van der Waals surface area contributed by atoms with Crippen LogP contribution in [0.1, 0.15) is 60.3 Å². The molecule has 0 unspecified atom stereocenters. The number of nitrogens with two attached hydrogens (primary N) is 1. The number of aryl methyl sites for hydroxylation is 2. The summed E-state index contributed by atoms with van der Waals surface area (Å²) in [6.07, 6.45) is 8.24. The van der Waals surface area contributed by atoms with Gasteiger partial charge in [-0.1, -0.05) is 24.6 Å². The van der Waals surface area contributed by atoms with E-state index in [9.17, 15) is 4.39 Å². The number of halogens is 1. The third-order valence-corrected chi connectivity index (χ3v) is 6.29. The summed E-state index contributed by atoms with van der Waals surface area (Å²) in [4.78, 5) is 0. The molecule has 3 N–H and O–H groups in total. The van der Waals surface area contributed by atoms with Gasteiger partial charge < -0.3 is 15.6 Å². The molecule has 0 saturated carbocycles. The number of hydrogen-bond acceptors (Lipinski definition) is 3. The summed E-state index contributed by atoms with van der Waals surface area (Å²) >= 11 is 0. The number of ether oxygens (including phenoxy) is 1. The van der Waals surface area contributed by atoms with E-state index in [4.69, 9.17) is 15.6 Å². The molecular formula is C25H34FNO2. The highest BCUT2D eigenvalue weighted by molar-refractivity contribution is 5.36. The van der Waals surface area contributed by atoms with E-state index in [0.717, 1.165) is 50.5 Å². The largest absolute Gasteiger partial charge is 0.497 e. The molecule has 0 saturated heterocycles. The summed E-state index contributed by atoms with van der Waals surface area (Å²) < 4.78 is 18.9. The predicted molar refractivity (Wildman–Crippen MR) is 116 cm³/mol. The zero-order chi connectivity index (χ0) is 20.6. The second-order valence-electron chi connectivity index (χ2n) is 8.33. The number of rotatable bonds is 10. The van der Waals surface area contributed by atoms with Crippen LogP contribution in [0.15, 0.2) is 36.4 Å². The molecule has 2 atom stereocenters. The van der Waals surface area contributed by atoms with Crippen molar-refractivity contribution in [1.82, 2.24) is 0 Å². The van der Waals surface area contributed by atoms with Crippen molar-refractivity contribution in [2.75, 3.05) is 20.3 Å². The Kier molecular flexibility index (Phi) is 8.08. The zero-order valence-electron chi connectivity index (χ0n) is 17.5. The molecule has 0 radical (unpaired) electrons. The van der Waals surface area contributed by atoms with Crippen molar-refractivity contribution in [1.29, 1.82) is 0 Å². The SMILES string of the molecule is COc1cc(F)cc(CC[C@@H]2CCc3cc([C@H](CN)CCCCO)ccc3C2)c1. The first kappa shape index (κ1) is 21.8. The summed E-state index contributed by atoms with van der Waals surface area (Å²) in [6.45, 7) is 0.912. The molecule has 0 heterocycles. The second-order valence-corrected chi connectivity index (χ2v) is 8.33. The van der Waals surface area contributed by atoms with E-state index in [0.29, 0.717) is 24.1 Å². The Morgan fingerprint density at radius 3 is 2.79 bits per heavy atom. The van der Waals surface area contributed by atoms with E-state index in [2.05, 4.69) is 18.2 Å². The molecule has 1 aliphatic carbocycles. The van der Waals surface area contributed by atoms with Crippen LogP contribution in [0.2, 0.25) is 0 Å². The van der Waals surface area contributed by atoms with Gasteiger partial charge in [-0.3, -0.25) is 0 Å². The molecule has 1 aliphatic rings. The van der Waals surface area contributed by atoms with Gasteiger partial charge in [0.1, 0.15) is 11.6 Å². The summed E-state index contributed by atoms with van der Waals surface area (Å²) in [7, 11) is 1.58. The summed E-state index contributed by atoms with van der Waals surface area (Å²) in [5, 5.41) is 9.01. The normalized spacial score (nSPS) is 17.0. The quantitative estimate of drug-likeness (QED) is 0.566. The Bertz CT molecular complexity index is 792. The van der Waals surface area contributed by atoms with E-state index in [1.807, 2.05) is 6.07 Å². The van der Waals surface area contributed by atoms with E-state index < -0.39 is 0 Å². The van der Waals surface area contributed by atoms with Crippen LogP contribution < -0.4 is 10.5 Å². The van der Waals surface area contributed by atoms with Crippen LogP contribution in [-0.2, 0) is 19.3 Å². The maximum absolute atomic E-state index is 13.7. The topological polar surface area (TPSA) is 55.5 Å². The Morgan fingerprint density at radius 1 is 1.17 bits per heavy atom. The van der Waals surface area contributed by atoms with Gasteiger partial charge in [-0.15, -0.1) is 0 Å². The van der Waals surface area contributed by atoms with Crippen molar-refractivity contribution in [3.63, 3.8) is 0 Å². The van der Waals surface area contributed by atoms with Gasteiger partial charge in [-0.25, -0.2) is 4.39 Å². The standard InChI is InChI=1S/C25H34FNO2/c1-29-25-14-19(13-24(26)16-25)6-5-18-7-8-21-15-22(10-9-20(21)12-18)23(17-27)4-2-3-11-28/h9-10,13-16,18,23,28H,2-8,11-12,17,27H2,1H3/t18-,23+/m1/s1. The summed E-state index contributed by atoms with van der Waals surface area (Å²) in [5.74, 6) is 1.38. The van der Waals surface area contributed by atoms with Gasteiger partial charge >= 0.3 is 0 Å². The van der Waals surface area contributed by atoms with Crippen LogP contribution >= 0.6 is 0 Å². The van der Waals surface area contributed by atoms with Crippen LogP contribution in [0, 0.1) is 11.7 Å². The van der Waals surface area contributed by atoms with E-state index in [1.165, 1.54) is 29.2 Å². The Hall–Kier alpha value is -1.91. The van der Waals surface area contributed by atoms with Crippen LogP contribution in [0.4, 0.5) is 4.39 Å². The fourth-order valence-corrected chi connectivity index (χ4v) is 4.53. The van der Waals surface area contributed by atoms with E-state index in [1.54, 1.807) is 13.2 Å². The van der Waals surface area contributed by atoms with Crippen molar-refractivity contribution in [2.45, 2.75) is 57.3 Å². The first-order valence-corrected chi connectivity index (χ1v) is 10.9. The molecule has 0 aromatic heterocycles. The highest BCUT2D eigenvalue weighted by Crippen LogP contribution is 2.32. The van der Waals surface area contributed by atoms with Gasteiger partial charge in [0.2, 0.25) is 0 Å². The van der Waals surface area contributed by atoms with Crippen molar-refractivity contribution in [3.8, 4) is 5.75 Å². The molecular weight excluding hydrogens is 365 g/mol. The monoisotopic (exact) mass is 399 g/mol. The molecule has 0 amide bonds. The molecule has 4 heteroatoms. The van der Waals surface area contributed by atoms with Crippen molar-refractivity contribution in [3.05, 3.63) is 64.5 Å². The van der Waals surface area contributed by atoms with Crippen LogP contribution in [0.3, 0.4) is 0 Å². The molecule has 158 valence electrons. The van der Waals surface area contributed by atoms with Crippen molar-refractivity contribution >= 4 is 0 Å². The van der Waals surface area contributed by atoms with Gasteiger partial charge in [0.15, 0.2) is 0 Å². The molecule has 0 spiro atoms. The Balaban J connectivity index is 1.59. The van der Waals surface area contributed by atoms with Gasteiger partial charge in [0.05, 0.1) is 7.11 Å². The highest BCUT2D eigenvalue weighted by atomic mass is 19.1. The van der Waals surface area contributed by atoms with Gasteiger partial charge in [-0.2, -0.15) is 0 Å². The number of aliphatic hydroxyl groups excluding tert-OH is 1. The van der Waals surface area contributed by atoms with E-state index in [-0.39, 0.29) is 12.4 Å². The second kappa shape index (κ2) is 10.7. The molecule has 0 fully saturated rings. The molecule has 3 rings (SSSR count). The van der Waals surface area contributed by atoms with Crippen LogP contribution in [0.5, 0.6) is 5.75 Å². The predicted octanol–water partition coefficient (Wildman–Crippen LogP) is 4.78. The van der Waals surface area contributed by atoms with Gasteiger partial charge in [-0.05, 0) is 97.7 Å². The molecule has 2 aromatic carbocycles. The van der Waals surface area contributed by atoms with Gasteiger partial charge in [0.25, 0.3) is 0 Å². The third kappa shape index (κ3) is 6.03. The minimum Gasteiger partial charge on any atom is -0.497 e. The summed E-state index contributed by atoms with van der Waals surface area (Å²) in [6, 6.07) is 11.9. The van der Waals surface area contributed by atoms with Gasteiger partial charge in [0, 0.05) is 12.7 Å². The minimum atomic E-state index is -0.227. The minimum absolute atomic E-state index is 0.227. The first-order chi connectivity index (χ1) is 14.1. The Morgan fingerprint density at radius 2 is 2.03 bits per heavy atom. The Labute approximate surface area is 174 Å². The molecule has 0 bridgehead atoms.